The van der Waals surface area contributed by atoms with Gasteiger partial charge in [-0.25, -0.2) is 8.78 Å². The van der Waals surface area contributed by atoms with Crippen LogP contribution in [-0.4, -0.2) is 23.3 Å². The first kappa shape index (κ1) is 15.1. The minimum Gasteiger partial charge on any atom is -0.368 e. The number of hydrogen-bond donors (Lipinski definition) is 1. The fourth-order valence-electron chi connectivity index (χ4n) is 2.89. The van der Waals surface area contributed by atoms with E-state index in [4.69, 9.17) is 5.73 Å². The Balaban J connectivity index is 2.00. The SMILES string of the molecule is NC(=O)[C@H]1c2ccccc2CCN1C(=O)c1ccc(F)c(F)c1. The first-order valence-corrected chi connectivity index (χ1v) is 7.12. The number of hydrogen-bond acceptors (Lipinski definition) is 2. The van der Waals surface area contributed by atoms with E-state index in [0.29, 0.717) is 12.0 Å². The predicted molar refractivity (Wildman–Crippen MR) is 79.5 cm³/mol. The average Bonchev–Trinajstić information content (AvgIpc) is 2.55. The highest BCUT2D eigenvalue weighted by molar-refractivity contribution is 5.98. The number of fused-ring (bicyclic) bond motifs is 1. The number of benzene rings is 2. The number of halogens is 2. The maximum absolute atomic E-state index is 13.4. The van der Waals surface area contributed by atoms with E-state index in [1.807, 2.05) is 12.1 Å². The van der Waals surface area contributed by atoms with Gasteiger partial charge in [-0.15, -0.1) is 0 Å². The van der Waals surface area contributed by atoms with Crippen molar-refractivity contribution in [2.75, 3.05) is 6.54 Å². The second-order valence-electron chi connectivity index (χ2n) is 5.38. The van der Waals surface area contributed by atoms with Gasteiger partial charge in [0.05, 0.1) is 0 Å². The predicted octanol–water partition coefficient (Wildman–Crippen LogP) is 2.19. The topological polar surface area (TPSA) is 63.4 Å². The number of nitrogens with zero attached hydrogens (tertiary/aromatic N) is 1. The summed E-state index contributed by atoms with van der Waals surface area (Å²) in [4.78, 5) is 25.8. The summed E-state index contributed by atoms with van der Waals surface area (Å²) in [5.41, 5.74) is 7.07. The summed E-state index contributed by atoms with van der Waals surface area (Å²) in [5, 5.41) is 0. The molecule has 0 aromatic heterocycles. The van der Waals surface area contributed by atoms with Crippen molar-refractivity contribution < 1.29 is 18.4 Å². The first-order valence-electron chi connectivity index (χ1n) is 7.12. The molecule has 0 fully saturated rings. The molecule has 0 saturated heterocycles. The zero-order chi connectivity index (χ0) is 16.6. The van der Waals surface area contributed by atoms with Crippen LogP contribution < -0.4 is 5.73 Å². The summed E-state index contributed by atoms with van der Waals surface area (Å²) < 4.78 is 26.4. The average molecular weight is 316 g/mol. The Hall–Kier alpha value is -2.76. The zero-order valence-corrected chi connectivity index (χ0v) is 12.1. The molecule has 0 bridgehead atoms. The van der Waals surface area contributed by atoms with Gasteiger partial charge in [0.1, 0.15) is 6.04 Å². The van der Waals surface area contributed by atoms with Crippen LogP contribution in [0.15, 0.2) is 42.5 Å². The number of carbonyl (C=O) groups is 2. The summed E-state index contributed by atoms with van der Waals surface area (Å²) in [6.07, 6.45) is 0.565. The molecule has 0 spiro atoms. The second-order valence-corrected chi connectivity index (χ2v) is 5.38. The molecule has 1 aliphatic heterocycles. The lowest BCUT2D eigenvalue weighted by atomic mass is 9.91. The van der Waals surface area contributed by atoms with Crippen molar-refractivity contribution in [3.63, 3.8) is 0 Å². The van der Waals surface area contributed by atoms with Crippen LogP contribution in [0, 0.1) is 11.6 Å². The van der Waals surface area contributed by atoms with Crippen LogP contribution in [0.1, 0.15) is 27.5 Å². The number of primary amides is 1. The third-order valence-corrected chi connectivity index (χ3v) is 3.98. The molecule has 2 aromatic carbocycles. The van der Waals surface area contributed by atoms with Gasteiger partial charge in [-0.1, -0.05) is 24.3 Å². The Morgan fingerprint density at radius 3 is 2.52 bits per heavy atom. The number of amides is 2. The molecule has 3 rings (SSSR count). The van der Waals surface area contributed by atoms with Crippen LogP contribution in [0.4, 0.5) is 8.78 Å². The van der Waals surface area contributed by atoms with Crippen LogP contribution >= 0.6 is 0 Å². The summed E-state index contributed by atoms with van der Waals surface area (Å²) in [7, 11) is 0. The third kappa shape index (κ3) is 2.67. The lowest BCUT2D eigenvalue weighted by molar-refractivity contribution is -0.123. The standard InChI is InChI=1S/C17H14F2N2O2/c18-13-6-5-11(9-14(13)19)17(23)21-8-7-10-3-1-2-4-12(10)15(21)16(20)22/h1-6,9,15H,7-8H2,(H2,20,22)/t15-/m1/s1. The van der Waals surface area contributed by atoms with Crippen molar-refractivity contribution in [3.05, 3.63) is 70.8 Å². The van der Waals surface area contributed by atoms with Crippen LogP contribution in [0.25, 0.3) is 0 Å². The Labute approximate surface area is 131 Å². The summed E-state index contributed by atoms with van der Waals surface area (Å²) >= 11 is 0. The largest absolute Gasteiger partial charge is 0.368 e. The van der Waals surface area contributed by atoms with E-state index in [1.165, 1.54) is 11.0 Å². The summed E-state index contributed by atoms with van der Waals surface area (Å²) in [6.45, 7) is 0.280. The van der Waals surface area contributed by atoms with Crippen LogP contribution in [-0.2, 0) is 11.2 Å². The van der Waals surface area contributed by atoms with E-state index < -0.39 is 29.5 Å². The lowest BCUT2D eigenvalue weighted by Crippen LogP contribution is -2.45. The number of nitrogens with two attached hydrogens (primary N) is 1. The molecule has 1 atom stereocenters. The maximum atomic E-state index is 13.4. The van der Waals surface area contributed by atoms with Crippen molar-refractivity contribution in [2.24, 2.45) is 5.73 Å². The van der Waals surface area contributed by atoms with Gasteiger partial charge in [-0.3, -0.25) is 9.59 Å². The highest BCUT2D eigenvalue weighted by Crippen LogP contribution is 2.30. The Bertz CT molecular complexity index is 792. The van der Waals surface area contributed by atoms with E-state index >= 15 is 0 Å². The normalized spacial score (nSPS) is 16.8. The molecule has 0 unspecified atom stereocenters. The van der Waals surface area contributed by atoms with Crippen LogP contribution in [0.5, 0.6) is 0 Å². The molecule has 2 aromatic rings. The first-order chi connectivity index (χ1) is 11.0. The van der Waals surface area contributed by atoms with Gasteiger partial charge >= 0.3 is 0 Å². The third-order valence-electron chi connectivity index (χ3n) is 3.98. The van der Waals surface area contributed by atoms with E-state index in [1.54, 1.807) is 12.1 Å². The molecule has 118 valence electrons. The molecule has 2 amide bonds. The van der Waals surface area contributed by atoms with Crippen molar-refractivity contribution in [1.82, 2.24) is 4.90 Å². The van der Waals surface area contributed by atoms with Gasteiger partial charge in [-0.05, 0) is 35.7 Å². The minimum absolute atomic E-state index is 0.0190. The van der Waals surface area contributed by atoms with Crippen molar-refractivity contribution in [3.8, 4) is 0 Å². The molecule has 0 radical (unpaired) electrons. The molecule has 4 nitrogen and oxygen atoms in total. The summed E-state index contributed by atoms with van der Waals surface area (Å²) in [6, 6.07) is 9.24. The van der Waals surface area contributed by atoms with E-state index in [0.717, 1.165) is 17.7 Å². The zero-order valence-electron chi connectivity index (χ0n) is 12.1. The maximum Gasteiger partial charge on any atom is 0.254 e. The summed E-state index contributed by atoms with van der Waals surface area (Å²) in [5.74, 6) is -3.35. The van der Waals surface area contributed by atoms with Gasteiger partial charge < -0.3 is 10.6 Å². The Morgan fingerprint density at radius 1 is 1.09 bits per heavy atom. The molecule has 0 aliphatic carbocycles. The van der Waals surface area contributed by atoms with Crippen molar-refractivity contribution >= 4 is 11.8 Å². The van der Waals surface area contributed by atoms with Crippen LogP contribution in [0.3, 0.4) is 0 Å². The van der Waals surface area contributed by atoms with Crippen molar-refractivity contribution in [1.29, 1.82) is 0 Å². The van der Waals surface area contributed by atoms with Gasteiger partial charge in [-0.2, -0.15) is 0 Å². The van der Waals surface area contributed by atoms with Crippen molar-refractivity contribution in [2.45, 2.75) is 12.5 Å². The van der Waals surface area contributed by atoms with Gasteiger partial charge in [0.25, 0.3) is 5.91 Å². The fraction of sp³-hybridized carbons (Fsp3) is 0.176. The smallest absolute Gasteiger partial charge is 0.254 e. The number of rotatable bonds is 2. The molecule has 1 aliphatic rings. The van der Waals surface area contributed by atoms with Crippen LogP contribution in [0.2, 0.25) is 0 Å². The number of carbonyl (C=O) groups excluding carboxylic acids is 2. The minimum atomic E-state index is -1.11. The van der Waals surface area contributed by atoms with E-state index in [9.17, 15) is 18.4 Å². The molecule has 1 heterocycles. The molecular weight excluding hydrogens is 302 g/mol. The molecule has 6 heteroatoms. The monoisotopic (exact) mass is 316 g/mol. The second kappa shape index (κ2) is 5.79. The van der Waals surface area contributed by atoms with Gasteiger partial charge in [0.15, 0.2) is 11.6 Å². The Morgan fingerprint density at radius 2 is 1.83 bits per heavy atom. The quantitative estimate of drug-likeness (QED) is 0.923. The van der Waals surface area contributed by atoms with Gasteiger partial charge in [0.2, 0.25) is 5.91 Å². The molecular formula is C17H14F2N2O2. The lowest BCUT2D eigenvalue weighted by Gasteiger charge is -2.35. The molecule has 0 saturated carbocycles. The Kier molecular flexibility index (Phi) is 3.82. The fourth-order valence-corrected chi connectivity index (χ4v) is 2.89. The highest BCUT2D eigenvalue weighted by Gasteiger charge is 2.35. The highest BCUT2D eigenvalue weighted by atomic mass is 19.2. The molecule has 23 heavy (non-hydrogen) atoms. The van der Waals surface area contributed by atoms with E-state index in [2.05, 4.69) is 0 Å². The molecule has 2 N–H and O–H groups in total. The van der Waals surface area contributed by atoms with E-state index in [-0.39, 0.29) is 12.1 Å². The van der Waals surface area contributed by atoms with Gasteiger partial charge in [0, 0.05) is 12.1 Å².